The molecule has 6 nitrogen and oxygen atoms in total. The lowest BCUT2D eigenvalue weighted by Gasteiger charge is -2.24. The minimum atomic E-state index is 0.170. The first kappa shape index (κ1) is 22.7. The molecule has 0 bridgehead atoms. The summed E-state index contributed by atoms with van der Waals surface area (Å²) < 4.78 is 14.0. The molecule has 0 unspecified atom stereocenters. The van der Waals surface area contributed by atoms with E-state index in [0.29, 0.717) is 0 Å². The normalized spacial score (nSPS) is 15.2. The van der Waals surface area contributed by atoms with E-state index in [1.165, 1.54) is 18.4 Å². The van der Waals surface area contributed by atoms with E-state index in [1.54, 1.807) is 0 Å². The van der Waals surface area contributed by atoms with Crippen LogP contribution in [0.15, 0.2) is 36.5 Å². The Morgan fingerprint density at radius 2 is 2.03 bits per heavy atom. The van der Waals surface area contributed by atoms with Crippen LogP contribution < -0.4 is 4.74 Å². The van der Waals surface area contributed by atoms with Crippen molar-refractivity contribution in [3.8, 4) is 17.0 Å². The lowest BCUT2D eigenvalue weighted by atomic mass is 10.1. The Morgan fingerprint density at radius 3 is 2.78 bits per heavy atom. The van der Waals surface area contributed by atoms with E-state index in [-0.39, 0.29) is 12.1 Å². The van der Waals surface area contributed by atoms with Gasteiger partial charge in [0, 0.05) is 37.1 Å². The quantitative estimate of drug-likeness (QED) is 0.445. The van der Waals surface area contributed by atoms with E-state index >= 15 is 0 Å². The van der Waals surface area contributed by atoms with Gasteiger partial charge in [0.1, 0.15) is 11.9 Å². The standard InChI is InChI=1S/C26H36N4O2/c1-5-6-12-29(4)18-20-8-7-9-21(15-20)24-16-25(32-22-10-13-31-14-11-22)23-17-27-30(19(2)3)26(23)28-24/h7-9,15-17,19,22H,5-6,10-14,18H2,1-4H3. The topological polar surface area (TPSA) is 52.4 Å². The monoisotopic (exact) mass is 436 g/mol. The second-order valence-corrected chi connectivity index (χ2v) is 9.15. The van der Waals surface area contributed by atoms with Crippen molar-refractivity contribution >= 4 is 11.0 Å². The summed E-state index contributed by atoms with van der Waals surface area (Å²) in [4.78, 5) is 7.41. The molecule has 1 saturated heterocycles. The number of rotatable bonds is 9. The molecule has 3 aromatic rings. The molecule has 0 atom stereocenters. The maximum absolute atomic E-state index is 6.48. The fourth-order valence-electron chi connectivity index (χ4n) is 4.23. The van der Waals surface area contributed by atoms with Gasteiger partial charge >= 0.3 is 0 Å². The lowest BCUT2D eigenvalue weighted by Crippen LogP contribution is -2.26. The highest BCUT2D eigenvalue weighted by molar-refractivity contribution is 5.85. The van der Waals surface area contributed by atoms with Crippen molar-refractivity contribution in [2.75, 3.05) is 26.8 Å². The minimum absolute atomic E-state index is 0.170. The zero-order valence-corrected chi connectivity index (χ0v) is 19.9. The van der Waals surface area contributed by atoms with Gasteiger partial charge in [0.25, 0.3) is 0 Å². The molecule has 0 N–H and O–H groups in total. The van der Waals surface area contributed by atoms with Crippen LogP contribution in [0.1, 0.15) is 58.1 Å². The molecule has 1 aliphatic rings. The zero-order chi connectivity index (χ0) is 22.5. The molecule has 2 aromatic heterocycles. The van der Waals surface area contributed by atoms with Gasteiger partial charge in [-0.3, -0.25) is 0 Å². The Balaban J connectivity index is 1.68. The second kappa shape index (κ2) is 10.5. The van der Waals surface area contributed by atoms with Crippen molar-refractivity contribution in [2.24, 2.45) is 0 Å². The first-order valence-electron chi connectivity index (χ1n) is 12.0. The summed E-state index contributed by atoms with van der Waals surface area (Å²) in [5, 5.41) is 5.59. The van der Waals surface area contributed by atoms with Gasteiger partial charge < -0.3 is 14.4 Å². The number of unbranched alkanes of at least 4 members (excludes halogenated alkanes) is 1. The highest BCUT2D eigenvalue weighted by atomic mass is 16.5. The molecular formula is C26H36N4O2. The smallest absolute Gasteiger partial charge is 0.162 e. The van der Waals surface area contributed by atoms with Crippen molar-refractivity contribution in [1.82, 2.24) is 19.7 Å². The van der Waals surface area contributed by atoms with E-state index in [9.17, 15) is 0 Å². The van der Waals surface area contributed by atoms with Crippen LogP contribution in [0.3, 0.4) is 0 Å². The summed E-state index contributed by atoms with van der Waals surface area (Å²) in [5.74, 6) is 0.870. The van der Waals surface area contributed by atoms with Gasteiger partial charge in [-0.05, 0) is 45.5 Å². The summed E-state index contributed by atoms with van der Waals surface area (Å²) in [6.07, 6.45) is 6.32. The second-order valence-electron chi connectivity index (χ2n) is 9.15. The van der Waals surface area contributed by atoms with Gasteiger partial charge in [-0.25, -0.2) is 9.67 Å². The fourth-order valence-corrected chi connectivity index (χ4v) is 4.23. The number of nitrogens with zero attached hydrogens (tertiary/aromatic N) is 4. The molecule has 6 heteroatoms. The number of hydrogen-bond acceptors (Lipinski definition) is 5. The van der Waals surface area contributed by atoms with E-state index in [2.05, 4.69) is 68.1 Å². The minimum Gasteiger partial charge on any atom is -0.489 e. The van der Waals surface area contributed by atoms with Gasteiger partial charge in [0.05, 0.1) is 30.5 Å². The van der Waals surface area contributed by atoms with Crippen LogP contribution in [0.4, 0.5) is 0 Å². The van der Waals surface area contributed by atoms with E-state index in [4.69, 9.17) is 14.5 Å². The molecule has 0 radical (unpaired) electrons. The van der Waals surface area contributed by atoms with Crippen LogP contribution in [0, 0.1) is 0 Å². The van der Waals surface area contributed by atoms with Crippen LogP contribution in [0.25, 0.3) is 22.3 Å². The SMILES string of the molecule is CCCCN(C)Cc1cccc(-c2cc(OC3CCOCC3)c3cnn(C(C)C)c3n2)c1. The Hall–Kier alpha value is -2.44. The predicted molar refractivity (Wildman–Crippen MR) is 129 cm³/mol. The third-order valence-corrected chi connectivity index (χ3v) is 6.05. The molecule has 0 amide bonds. The van der Waals surface area contributed by atoms with E-state index in [1.807, 2.05) is 10.9 Å². The molecule has 172 valence electrons. The van der Waals surface area contributed by atoms with Crippen LogP contribution in [0.5, 0.6) is 5.75 Å². The van der Waals surface area contributed by atoms with Crippen LogP contribution in [0.2, 0.25) is 0 Å². The molecule has 1 fully saturated rings. The Bertz CT molecular complexity index is 1020. The fraction of sp³-hybridized carbons (Fsp3) is 0.538. The Kier molecular flexibility index (Phi) is 7.43. The molecule has 4 rings (SSSR count). The molecule has 0 spiro atoms. The number of ether oxygens (including phenoxy) is 2. The summed E-state index contributed by atoms with van der Waals surface area (Å²) >= 11 is 0. The molecular weight excluding hydrogens is 400 g/mol. The third kappa shape index (κ3) is 5.30. The van der Waals surface area contributed by atoms with Gasteiger partial charge in [-0.15, -0.1) is 0 Å². The highest BCUT2D eigenvalue weighted by Crippen LogP contribution is 2.33. The highest BCUT2D eigenvalue weighted by Gasteiger charge is 2.20. The molecule has 3 heterocycles. The van der Waals surface area contributed by atoms with Crippen molar-refractivity contribution < 1.29 is 9.47 Å². The van der Waals surface area contributed by atoms with E-state index < -0.39 is 0 Å². The molecule has 32 heavy (non-hydrogen) atoms. The first-order chi connectivity index (χ1) is 15.5. The number of hydrogen-bond donors (Lipinski definition) is 0. The largest absolute Gasteiger partial charge is 0.489 e. The van der Waals surface area contributed by atoms with Gasteiger partial charge in [-0.2, -0.15) is 5.10 Å². The molecule has 1 aliphatic heterocycles. The maximum atomic E-state index is 6.48. The summed E-state index contributed by atoms with van der Waals surface area (Å²) in [6.45, 7) is 10.1. The van der Waals surface area contributed by atoms with Crippen molar-refractivity contribution in [3.63, 3.8) is 0 Å². The maximum Gasteiger partial charge on any atom is 0.162 e. The first-order valence-corrected chi connectivity index (χ1v) is 12.0. The summed E-state index contributed by atoms with van der Waals surface area (Å²) in [7, 11) is 2.19. The Labute approximate surface area is 191 Å². The van der Waals surface area contributed by atoms with Gasteiger partial charge in [0.15, 0.2) is 5.65 Å². The average molecular weight is 437 g/mol. The van der Waals surface area contributed by atoms with Crippen molar-refractivity contribution in [3.05, 3.63) is 42.1 Å². The molecule has 0 saturated carbocycles. The predicted octanol–water partition coefficient (Wildman–Crippen LogP) is 5.47. The summed E-state index contributed by atoms with van der Waals surface area (Å²) in [5.41, 5.74) is 4.22. The molecule has 0 aliphatic carbocycles. The number of pyridine rings is 1. The third-order valence-electron chi connectivity index (χ3n) is 6.05. The number of aromatic nitrogens is 3. The van der Waals surface area contributed by atoms with Crippen LogP contribution in [-0.4, -0.2) is 52.6 Å². The number of benzene rings is 1. The van der Waals surface area contributed by atoms with Crippen molar-refractivity contribution in [2.45, 2.75) is 65.1 Å². The Morgan fingerprint density at radius 1 is 1.22 bits per heavy atom. The lowest BCUT2D eigenvalue weighted by molar-refractivity contribution is 0.0262. The van der Waals surface area contributed by atoms with E-state index in [0.717, 1.165) is 67.2 Å². The van der Waals surface area contributed by atoms with Gasteiger partial charge in [-0.1, -0.05) is 31.5 Å². The summed E-state index contributed by atoms with van der Waals surface area (Å²) in [6, 6.07) is 11.0. The van der Waals surface area contributed by atoms with Gasteiger partial charge in [0.2, 0.25) is 0 Å². The molecule has 1 aromatic carbocycles. The van der Waals surface area contributed by atoms with Crippen LogP contribution >= 0.6 is 0 Å². The average Bonchev–Trinajstić information content (AvgIpc) is 3.23. The number of fused-ring (bicyclic) bond motifs is 1. The van der Waals surface area contributed by atoms with Crippen molar-refractivity contribution in [1.29, 1.82) is 0 Å². The zero-order valence-electron chi connectivity index (χ0n) is 19.9. The van der Waals surface area contributed by atoms with Crippen LogP contribution in [-0.2, 0) is 11.3 Å².